The van der Waals surface area contributed by atoms with Gasteiger partial charge in [0.1, 0.15) is 5.82 Å². The molecule has 2 N–H and O–H groups in total. The van der Waals surface area contributed by atoms with E-state index >= 15 is 0 Å². The largest absolute Gasteiger partial charge is 0.357 e. The van der Waals surface area contributed by atoms with Gasteiger partial charge in [0.2, 0.25) is 0 Å². The Hall–Kier alpha value is -4.13. The van der Waals surface area contributed by atoms with Gasteiger partial charge in [-0.15, -0.1) is 0 Å². The smallest absolute Gasteiger partial charge is 0.327 e. The van der Waals surface area contributed by atoms with Crippen LogP contribution in [0.25, 0.3) is 0 Å². The van der Waals surface area contributed by atoms with Crippen LogP contribution >= 0.6 is 23.2 Å². The number of Topliss-reactive ketones (excluding diaryl/α,β-unsaturated/α-hetero) is 1. The van der Waals surface area contributed by atoms with Gasteiger partial charge < -0.3 is 10.6 Å². The number of hydrogen-bond donors (Lipinski definition) is 2. The fourth-order valence-corrected chi connectivity index (χ4v) is 5.82. The maximum absolute atomic E-state index is 14.1. The Bertz CT molecular complexity index is 1660. The summed E-state index contributed by atoms with van der Waals surface area (Å²) in [4.78, 5) is 29.7. The van der Waals surface area contributed by atoms with Gasteiger partial charge in [-0.2, -0.15) is 0 Å². The van der Waals surface area contributed by atoms with E-state index in [0.29, 0.717) is 39.1 Å². The van der Waals surface area contributed by atoms with Crippen molar-refractivity contribution in [2.45, 2.75) is 24.8 Å². The number of nitrogens with one attached hydrogen (secondary N) is 2. The molecule has 6 rings (SSSR count). The predicted octanol–water partition coefficient (Wildman–Crippen LogP) is 8.74. The molecule has 0 saturated carbocycles. The van der Waals surface area contributed by atoms with E-state index in [4.69, 9.17) is 23.2 Å². The third-order valence-electron chi connectivity index (χ3n) is 7.31. The molecule has 1 aliphatic heterocycles. The van der Waals surface area contributed by atoms with Crippen LogP contribution in [0.4, 0.5) is 26.2 Å². The van der Waals surface area contributed by atoms with Gasteiger partial charge in [-0.25, -0.2) is 9.18 Å². The molecule has 0 bridgehead atoms. The Labute approximate surface area is 241 Å². The van der Waals surface area contributed by atoms with Gasteiger partial charge in [0.15, 0.2) is 5.78 Å². The zero-order chi connectivity index (χ0) is 27.8. The number of hydrogen-bond acceptors (Lipinski definition) is 3. The molecule has 1 heterocycles. The van der Waals surface area contributed by atoms with Crippen molar-refractivity contribution in [1.29, 1.82) is 0 Å². The lowest BCUT2D eigenvalue weighted by Gasteiger charge is -2.35. The molecule has 8 heteroatoms. The zero-order valence-electron chi connectivity index (χ0n) is 21.2. The van der Waals surface area contributed by atoms with Gasteiger partial charge in [-0.3, -0.25) is 9.69 Å². The molecular formula is C32H24Cl2FN3O2. The van der Waals surface area contributed by atoms with E-state index in [-0.39, 0.29) is 23.9 Å². The molecular weight excluding hydrogens is 548 g/mol. The highest BCUT2D eigenvalue weighted by molar-refractivity contribution is 6.42. The summed E-state index contributed by atoms with van der Waals surface area (Å²) in [6.07, 6.45) is 0.691. The molecule has 1 aliphatic carbocycles. The number of amides is 2. The summed E-state index contributed by atoms with van der Waals surface area (Å²) in [5.41, 5.74) is 4.55. The number of carbonyl (C=O) groups excluding carboxylic acids is 2. The minimum Gasteiger partial charge on any atom is -0.357 e. The number of benzene rings is 4. The number of nitrogens with zero attached hydrogens (tertiary/aromatic N) is 1. The van der Waals surface area contributed by atoms with Crippen LogP contribution < -0.4 is 15.5 Å². The van der Waals surface area contributed by atoms with Crippen LogP contribution in [0.3, 0.4) is 0 Å². The molecule has 0 saturated heterocycles. The lowest BCUT2D eigenvalue weighted by molar-refractivity contribution is -0.116. The van der Waals surface area contributed by atoms with Crippen LogP contribution in [0.15, 0.2) is 108 Å². The van der Waals surface area contributed by atoms with E-state index < -0.39 is 12.1 Å². The normalized spacial score (nSPS) is 18.4. The van der Waals surface area contributed by atoms with E-state index in [0.717, 1.165) is 16.8 Å². The molecule has 2 atom stereocenters. The van der Waals surface area contributed by atoms with Gasteiger partial charge >= 0.3 is 6.03 Å². The number of carbonyl (C=O) groups is 2. The van der Waals surface area contributed by atoms with E-state index in [9.17, 15) is 14.0 Å². The van der Waals surface area contributed by atoms with Crippen molar-refractivity contribution in [1.82, 2.24) is 0 Å². The molecule has 5 nitrogen and oxygen atoms in total. The number of ketones is 1. The second-order valence-electron chi connectivity index (χ2n) is 9.86. The maximum atomic E-state index is 14.1. The highest BCUT2D eigenvalue weighted by Gasteiger charge is 2.41. The Morgan fingerprint density at radius 2 is 1.60 bits per heavy atom. The minimum absolute atomic E-state index is 0.1000. The average molecular weight is 572 g/mol. The summed E-state index contributed by atoms with van der Waals surface area (Å²) in [6, 6.07) is 27.1. The van der Waals surface area contributed by atoms with Gasteiger partial charge in [0.05, 0.1) is 27.5 Å². The molecule has 2 amide bonds. The molecule has 40 heavy (non-hydrogen) atoms. The number of anilines is 3. The lowest BCUT2D eigenvalue weighted by atomic mass is 9.78. The van der Waals surface area contributed by atoms with Gasteiger partial charge in [0, 0.05) is 23.4 Å². The fraction of sp³-hybridized carbons (Fsp3) is 0.125. The highest BCUT2D eigenvalue weighted by atomic mass is 35.5. The SMILES string of the molecule is O=C1C[C@H](c2cccc(F)c2)CC2=C1[C@@H](c1ccccc1)N(C(=O)Nc1ccc(Cl)c(Cl)c1)c1ccccc1N2. The van der Waals surface area contributed by atoms with Crippen LogP contribution in [-0.4, -0.2) is 11.8 Å². The first-order valence-corrected chi connectivity index (χ1v) is 13.6. The predicted molar refractivity (Wildman–Crippen MR) is 158 cm³/mol. The minimum atomic E-state index is -0.712. The summed E-state index contributed by atoms with van der Waals surface area (Å²) in [5, 5.41) is 7.11. The van der Waals surface area contributed by atoms with Crippen LogP contribution in [-0.2, 0) is 4.79 Å². The summed E-state index contributed by atoms with van der Waals surface area (Å²) >= 11 is 12.3. The Morgan fingerprint density at radius 1 is 0.850 bits per heavy atom. The molecule has 0 unspecified atom stereocenters. The number of urea groups is 1. The second kappa shape index (κ2) is 10.8. The number of para-hydroxylation sites is 2. The summed E-state index contributed by atoms with van der Waals surface area (Å²) in [6.45, 7) is 0. The summed E-state index contributed by atoms with van der Waals surface area (Å²) < 4.78 is 14.1. The molecule has 4 aromatic rings. The van der Waals surface area contributed by atoms with Crippen molar-refractivity contribution in [3.05, 3.63) is 135 Å². The number of fused-ring (bicyclic) bond motifs is 1. The molecule has 0 fully saturated rings. The van der Waals surface area contributed by atoms with Crippen molar-refractivity contribution in [2.75, 3.05) is 15.5 Å². The quantitative estimate of drug-likeness (QED) is 0.258. The van der Waals surface area contributed by atoms with Crippen LogP contribution in [0.2, 0.25) is 10.0 Å². The number of halogens is 3. The first-order chi connectivity index (χ1) is 19.4. The molecule has 4 aromatic carbocycles. The van der Waals surface area contributed by atoms with Gasteiger partial charge in [-0.1, -0.05) is 77.8 Å². The molecule has 2 aliphatic rings. The van der Waals surface area contributed by atoms with Crippen LogP contribution in [0.5, 0.6) is 0 Å². The first kappa shape index (κ1) is 26.1. The lowest BCUT2D eigenvalue weighted by Crippen LogP contribution is -2.41. The monoisotopic (exact) mass is 571 g/mol. The van der Waals surface area contributed by atoms with Crippen molar-refractivity contribution >= 4 is 52.1 Å². The summed E-state index contributed by atoms with van der Waals surface area (Å²) in [7, 11) is 0. The molecule has 0 aromatic heterocycles. The van der Waals surface area contributed by atoms with E-state index in [1.807, 2.05) is 60.7 Å². The standard InChI is InChI=1S/C32H24Cl2FN3O2/c33-24-14-13-23(18-25(24)34)36-32(40)38-28-12-5-4-11-26(28)37-27-16-21(20-9-6-10-22(35)15-20)17-29(39)30(27)31(38)19-7-2-1-3-8-19/h1-15,18,21,31,37H,16-17H2,(H,36,40)/t21-,31-/m1/s1. The van der Waals surface area contributed by atoms with Crippen molar-refractivity contribution < 1.29 is 14.0 Å². The Kier molecular flexibility index (Phi) is 7.05. The molecule has 200 valence electrons. The van der Waals surface area contributed by atoms with Gasteiger partial charge in [0.25, 0.3) is 0 Å². The van der Waals surface area contributed by atoms with Crippen molar-refractivity contribution in [3.63, 3.8) is 0 Å². The molecule has 0 spiro atoms. The Balaban J connectivity index is 1.49. The van der Waals surface area contributed by atoms with E-state index in [2.05, 4.69) is 10.6 Å². The van der Waals surface area contributed by atoms with Crippen molar-refractivity contribution in [3.8, 4) is 0 Å². The van der Waals surface area contributed by atoms with E-state index in [1.54, 1.807) is 29.2 Å². The maximum Gasteiger partial charge on any atom is 0.327 e. The topological polar surface area (TPSA) is 61.4 Å². The number of rotatable bonds is 3. The fourth-order valence-electron chi connectivity index (χ4n) is 5.52. The van der Waals surface area contributed by atoms with Crippen molar-refractivity contribution in [2.24, 2.45) is 0 Å². The van der Waals surface area contributed by atoms with Gasteiger partial charge in [-0.05, 0) is 65.9 Å². The second-order valence-corrected chi connectivity index (χ2v) is 10.7. The number of allylic oxidation sites excluding steroid dienone is 1. The highest BCUT2D eigenvalue weighted by Crippen LogP contribution is 2.47. The third-order valence-corrected chi connectivity index (χ3v) is 8.05. The van der Waals surface area contributed by atoms with E-state index in [1.165, 1.54) is 12.1 Å². The van der Waals surface area contributed by atoms with Crippen LogP contribution in [0, 0.1) is 5.82 Å². The third kappa shape index (κ3) is 4.96. The first-order valence-electron chi connectivity index (χ1n) is 12.9. The summed E-state index contributed by atoms with van der Waals surface area (Å²) in [5.74, 6) is -0.636. The molecule has 0 radical (unpaired) electrons. The average Bonchev–Trinajstić information content (AvgIpc) is 3.10. The zero-order valence-corrected chi connectivity index (χ0v) is 22.7. The Morgan fingerprint density at radius 3 is 2.38 bits per heavy atom. The van der Waals surface area contributed by atoms with Crippen LogP contribution in [0.1, 0.15) is 35.9 Å².